The van der Waals surface area contributed by atoms with Crippen molar-refractivity contribution in [2.75, 3.05) is 26.9 Å². The number of rotatable bonds is 5. The molecule has 0 atom stereocenters. The molecule has 0 aromatic heterocycles. The SMILES string of the molecule is COc1ccc2c(cccc2[C@H]2CO[C@H](CCNC(=O)O)OC2)c1. The van der Waals surface area contributed by atoms with Crippen molar-refractivity contribution >= 4 is 16.9 Å². The van der Waals surface area contributed by atoms with E-state index in [0.29, 0.717) is 26.2 Å². The van der Waals surface area contributed by atoms with Crippen LogP contribution in [0.5, 0.6) is 5.75 Å². The third-order valence-corrected chi connectivity index (χ3v) is 4.18. The second-order valence-electron chi connectivity index (χ2n) is 5.75. The Balaban J connectivity index is 1.66. The van der Waals surface area contributed by atoms with Crippen molar-refractivity contribution < 1.29 is 24.1 Å². The van der Waals surface area contributed by atoms with E-state index in [2.05, 4.69) is 23.5 Å². The molecule has 1 heterocycles. The maximum absolute atomic E-state index is 10.4. The Hall–Kier alpha value is -2.31. The number of fused-ring (bicyclic) bond motifs is 1. The number of methoxy groups -OCH3 is 1. The number of hydrogen-bond donors (Lipinski definition) is 2. The summed E-state index contributed by atoms with van der Waals surface area (Å²) in [6.07, 6.45) is -0.885. The molecule has 0 unspecified atom stereocenters. The lowest BCUT2D eigenvalue weighted by molar-refractivity contribution is -0.188. The Labute approximate surface area is 140 Å². The lowest BCUT2D eigenvalue weighted by Gasteiger charge is -2.30. The van der Waals surface area contributed by atoms with Gasteiger partial charge in [0.05, 0.1) is 20.3 Å². The van der Waals surface area contributed by atoms with Crippen molar-refractivity contribution in [1.82, 2.24) is 5.32 Å². The maximum Gasteiger partial charge on any atom is 0.404 e. The summed E-state index contributed by atoms with van der Waals surface area (Å²) in [4.78, 5) is 10.4. The van der Waals surface area contributed by atoms with E-state index >= 15 is 0 Å². The highest BCUT2D eigenvalue weighted by molar-refractivity contribution is 5.87. The average molecular weight is 331 g/mol. The molecule has 0 spiro atoms. The van der Waals surface area contributed by atoms with Gasteiger partial charge in [-0.15, -0.1) is 0 Å². The van der Waals surface area contributed by atoms with Gasteiger partial charge in [0.25, 0.3) is 0 Å². The van der Waals surface area contributed by atoms with Gasteiger partial charge in [-0.2, -0.15) is 0 Å². The van der Waals surface area contributed by atoms with Gasteiger partial charge < -0.3 is 24.6 Å². The molecule has 3 rings (SSSR count). The predicted octanol–water partition coefficient (Wildman–Crippen LogP) is 2.96. The minimum absolute atomic E-state index is 0.158. The molecule has 2 aromatic rings. The summed E-state index contributed by atoms with van der Waals surface area (Å²) < 4.78 is 16.8. The lowest BCUT2D eigenvalue weighted by atomic mass is 9.94. The van der Waals surface area contributed by atoms with Crippen molar-refractivity contribution in [3.05, 3.63) is 42.0 Å². The lowest BCUT2D eigenvalue weighted by Crippen LogP contribution is -2.34. The highest BCUT2D eigenvalue weighted by Gasteiger charge is 2.24. The summed E-state index contributed by atoms with van der Waals surface area (Å²) in [7, 11) is 1.66. The zero-order chi connectivity index (χ0) is 16.9. The summed E-state index contributed by atoms with van der Waals surface area (Å²) in [6.45, 7) is 1.44. The normalized spacial score (nSPS) is 20.7. The molecule has 1 aliphatic rings. The second-order valence-corrected chi connectivity index (χ2v) is 5.75. The number of carbonyl (C=O) groups is 1. The molecule has 0 bridgehead atoms. The first-order chi connectivity index (χ1) is 11.7. The van der Waals surface area contributed by atoms with Crippen molar-refractivity contribution in [2.45, 2.75) is 18.6 Å². The van der Waals surface area contributed by atoms with Crippen molar-refractivity contribution in [3.8, 4) is 5.75 Å². The van der Waals surface area contributed by atoms with Gasteiger partial charge in [0.15, 0.2) is 6.29 Å². The number of benzene rings is 2. The molecule has 1 amide bonds. The molecule has 1 fully saturated rings. The van der Waals surface area contributed by atoms with Crippen LogP contribution >= 0.6 is 0 Å². The molecule has 6 heteroatoms. The summed E-state index contributed by atoms with van der Waals surface area (Å²) in [6, 6.07) is 12.2. The third kappa shape index (κ3) is 3.77. The van der Waals surface area contributed by atoms with E-state index < -0.39 is 6.09 Å². The first-order valence-corrected chi connectivity index (χ1v) is 7.94. The van der Waals surface area contributed by atoms with Crippen LogP contribution in [-0.4, -0.2) is 44.4 Å². The first-order valence-electron chi connectivity index (χ1n) is 7.94. The molecular formula is C18H21NO5. The zero-order valence-electron chi connectivity index (χ0n) is 13.5. The number of nitrogens with one attached hydrogen (secondary N) is 1. The molecule has 2 N–H and O–H groups in total. The number of amides is 1. The molecule has 6 nitrogen and oxygen atoms in total. The zero-order valence-corrected chi connectivity index (χ0v) is 13.5. The largest absolute Gasteiger partial charge is 0.497 e. The minimum atomic E-state index is -1.03. The summed E-state index contributed by atoms with van der Waals surface area (Å²) in [5.74, 6) is 0.993. The molecule has 0 aliphatic carbocycles. The van der Waals surface area contributed by atoms with Crippen LogP contribution < -0.4 is 10.1 Å². The topological polar surface area (TPSA) is 77.0 Å². The summed E-state index contributed by atoms with van der Waals surface area (Å²) in [5.41, 5.74) is 1.19. The van der Waals surface area contributed by atoms with E-state index in [0.717, 1.165) is 11.1 Å². The van der Waals surface area contributed by atoms with Crippen molar-refractivity contribution in [3.63, 3.8) is 0 Å². The van der Waals surface area contributed by atoms with Gasteiger partial charge in [-0.05, 0) is 28.5 Å². The van der Waals surface area contributed by atoms with Gasteiger partial charge in [0.1, 0.15) is 5.75 Å². The van der Waals surface area contributed by atoms with E-state index in [1.807, 2.05) is 18.2 Å². The van der Waals surface area contributed by atoms with E-state index in [-0.39, 0.29) is 12.2 Å². The van der Waals surface area contributed by atoms with Gasteiger partial charge >= 0.3 is 6.09 Å². The fourth-order valence-corrected chi connectivity index (χ4v) is 2.96. The van der Waals surface area contributed by atoms with E-state index in [1.54, 1.807) is 7.11 Å². The van der Waals surface area contributed by atoms with Gasteiger partial charge in [-0.1, -0.05) is 24.3 Å². The average Bonchev–Trinajstić information content (AvgIpc) is 2.61. The third-order valence-electron chi connectivity index (χ3n) is 4.18. The minimum Gasteiger partial charge on any atom is -0.497 e. The van der Waals surface area contributed by atoms with Crippen molar-refractivity contribution in [2.24, 2.45) is 0 Å². The summed E-state index contributed by atoms with van der Waals surface area (Å²) in [5, 5.41) is 13.2. The quantitative estimate of drug-likeness (QED) is 0.881. The van der Waals surface area contributed by atoms with Gasteiger partial charge in [-0.25, -0.2) is 4.79 Å². The Kier molecular flexibility index (Phi) is 5.17. The number of ether oxygens (including phenoxy) is 3. The first kappa shape index (κ1) is 16.5. The Bertz CT molecular complexity index is 710. The van der Waals surface area contributed by atoms with E-state index in [4.69, 9.17) is 19.3 Å². The molecule has 24 heavy (non-hydrogen) atoms. The van der Waals surface area contributed by atoms with Crippen LogP contribution in [0.1, 0.15) is 17.9 Å². The molecular weight excluding hydrogens is 310 g/mol. The number of hydrogen-bond acceptors (Lipinski definition) is 4. The second kappa shape index (κ2) is 7.51. The predicted molar refractivity (Wildman–Crippen MR) is 89.6 cm³/mol. The van der Waals surface area contributed by atoms with Crippen LogP contribution in [0.3, 0.4) is 0 Å². The summed E-state index contributed by atoms with van der Waals surface area (Å²) >= 11 is 0. The molecule has 1 aliphatic heterocycles. The van der Waals surface area contributed by atoms with Crippen molar-refractivity contribution in [1.29, 1.82) is 0 Å². The smallest absolute Gasteiger partial charge is 0.404 e. The van der Waals surface area contributed by atoms with Gasteiger partial charge in [0, 0.05) is 18.9 Å². The highest BCUT2D eigenvalue weighted by atomic mass is 16.7. The highest BCUT2D eigenvalue weighted by Crippen LogP contribution is 2.31. The molecule has 0 saturated carbocycles. The monoisotopic (exact) mass is 331 g/mol. The van der Waals surface area contributed by atoms with Crippen LogP contribution in [0, 0.1) is 0 Å². The van der Waals surface area contributed by atoms with Crippen LogP contribution in [0.15, 0.2) is 36.4 Å². The van der Waals surface area contributed by atoms with E-state index in [1.165, 1.54) is 10.9 Å². The number of carboxylic acid groups (broad SMARTS) is 1. The van der Waals surface area contributed by atoms with Gasteiger partial charge in [0.2, 0.25) is 0 Å². The Morgan fingerprint density at radius 3 is 2.79 bits per heavy atom. The van der Waals surface area contributed by atoms with Crippen LogP contribution in [0.2, 0.25) is 0 Å². The fraction of sp³-hybridized carbons (Fsp3) is 0.389. The molecule has 2 aromatic carbocycles. The van der Waals surface area contributed by atoms with Crippen LogP contribution in [0.25, 0.3) is 10.8 Å². The fourth-order valence-electron chi connectivity index (χ4n) is 2.96. The molecule has 1 saturated heterocycles. The van der Waals surface area contributed by atoms with Gasteiger partial charge in [-0.3, -0.25) is 0 Å². The standard InChI is InChI=1S/C18H21NO5/c1-22-14-5-6-16-12(9-14)3-2-4-15(16)13-10-23-17(24-11-13)7-8-19-18(20)21/h2-6,9,13,17,19H,7-8,10-11H2,1H3,(H,20,21)/t13-,17-. The van der Waals surface area contributed by atoms with E-state index in [9.17, 15) is 4.79 Å². The molecule has 128 valence electrons. The van der Waals surface area contributed by atoms with Crippen LogP contribution in [-0.2, 0) is 9.47 Å². The van der Waals surface area contributed by atoms with Crippen LogP contribution in [0.4, 0.5) is 4.79 Å². The Morgan fingerprint density at radius 1 is 1.29 bits per heavy atom. The molecule has 0 radical (unpaired) electrons. The Morgan fingerprint density at radius 2 is 2.08 bits per heavy atom. The maximum atomic E-state index is 10.4.